The molecule has 0 spiro atoms. The number of hydrogen-bond acceptors (Lipinski definition) is 4. The second-order valence-corrected chi connectivity index (χ2v) is 7.73. The fourth-order valence-electron chi connectivity index (χ4n) is 4.40. The molecule has 6 nitrogen and oxygen atoms in total. The summed E-state index contributed by atoms with van der Waals surface area (Å²) in [5.74, 6) is -1.24. The lowest BCUT2D eigenvalue weighted by Crippen LogP contribution is -2.46. The summed E-state index contributed by atoms with van der Waals surface area (Å²) in [7, 11) is 0. The summed E-state index contributed by atoms with van der Waals surface area (Å²) < 4.78 is 11.4. The molecule has 2 N–H and O–H groups in total. The first-order chi connectivity index (χ1) is 14.1. The van der Waals surface area contributed by atoms with E-state index < -0.39 is 18.1 Å². The van der Waals surface area contributed by atoms with Crippen molar-refractivity contribution in [1.82, 2.24) is 10.3 Å². The predicted octanol–water partition coefficient (Wildman–Crippen LogP) is 3.93. The minimum atomic E-state index is -0.586. The van der Waals surface area contributed by atoms with Crippen LogP contribution >= 0.6 is 11.6 Å². The van der Waals surface area contributed by atoms with Gasteiger partial charge in [0.25, 0.3) is 5.91 Å². The molecule has 1 fully saturated rings. The Bertz CT molecular complexity index is 1120. The SMILES string of the molecule is CCOC(=O)[C@H]1[C@H](NC(=O)c2cc3cc(Cl)ccc3[nH]2)[C@@H]2O[C@H]1c1ccccc12. The van der Waals surface area contributed by atoms with E-state index in [0.717, 1.165) is 22.0 Å². The maximum absolute atomic E-state index is 13.0. The first-order valence-electron chi connectivity index (χ1n) is 9.57. The van der Waals surface area contributed by atoms with Gasteiger partial charge in [-0.25, -0.2) is 0 Å². The van der Waals surface area contributed by atoms with E-state index in [0.29, 0.717) is 10.7 Å². The lowest BCUT2D eigenvalue weighted by atomic mass is 9.80. The maximum atomic E-state index is 13.0. The van der Waals surface area contributed by atoms with Crippen molar-refractivity contribution < 1.29 is 19.1 Å². The van der Waals surface area contributed by atoms with Crippen LogP contribution in [0.5, 0.6) is 0 Å². The molecule has 1 amide bonds. The summed E-state index contributed by atoms with van der Waals surface area (Å²) >= 11 is 6.04. The number of fused-ring (bicyclic) bond motifs is 6. The molecular weight excluding hydrogens is 392 g/mol. The van der Waals surface area contributed by atoms with Crippen LogP contribution in [0.4, 0.5) is 0 Å². The summed E-state index contributed by atoms with van der Waals surface area (Å²) in [5.41, 5.74) is 3.21. The van der Waals surface area contributed by atoms with Crippen LogP contribution in [0.25, 0.3) is 10.9 Å². The molecule has 0 unspecified atom stereocenters. The predicted molar refractivity (Wildman–Crippen MR) is 108 cm³/mol. The van der Waals surface area contributed by atoms with E-state index >= 15 is 0 Å². The number of carbonyl (C=O) groups excluding carboxylic acids is 2. The Labute approximate surface area is 172 Å². The normalized spacial score (nSPS) is 24.5. The highest BCUT2D eigenvalue weighted by molar-refractivity contribution is 6.31. The van der Waals surface area contributed by atoms with Gasteiger partial charge in [0.1, 0.15) is 17.7 Å². The summed E-state index contributed by atoms with van der Waals surface area (Å²) in [6, 6.07) is 14.4. The topological polar surface area (TPSA) is 80.4 Å². The van der Waals surface area contributed by atoms with E-state index in [1.807, 2.05) is 30.3 Å². The van der Waals surface area contributed by atoms with Gasteiger partial charge in [0.05, 0.1) is 18.8 Å². The van der Waals surface area contributed by atoms with Gasteiger partial charge >= 0.3 is 5.97 Å². The van der Waals surface area contributed by atoms with Gasteiger partial charge in [0, 0.05) is 15.9 Å². The van der Waals surface area contributed by atoms with Crippen LogP contribution in [0.2, 0.25) is 5.02 Å². The molecule has 148 valence electrons. The minimum Gasteiger partial charge on any atom is -0.466 e. The van der Waals surface area contributed by atoms with E-state index in [1.165, 1.54) is 0 Å². The van der Waals surface area contributed by atoms with Gasteiger partial charge in [-0.15, -0.1) is 0 Å². The van der Waals surface area contributed by atoms with Gasteiger partial charge in [0.15, 0.2) is 0 Å². The zero-order valence-corrected chi connectivity index (χ0v) is 16.4. The fourth-order valence-corrected chi connectivity index (χ4v) is 4.58. The van der Waals surface area contributed by atoms with Crippen LogP contribution in [0.1, 0.15) is 40.7 Å². The molecule has 3 heterocycles. The Kier molecular flexibility index (Phi) is 4.33. The molecule has 0 radical (unpaired) electrons. The highest BCUT2D eigenvalue weighted by atomic mass is 35.5. The van der Waals surface area contributed by atoms with E-state index in [4.69, 9.17) is 21.1 Å². The number of rotatable bonds is 4. The monoisotopic (exact) mass is 410 g/mol. The summed E-state index contributed by atoms with van der Waals surface area (Å²) in [6.07, 6.45) is -0.796. The Hall–Kier alpha value is -2.83. The van der Waals surface area contributed by atoms with Crippen molar-refractivity contribution in [3.63, 3.8) is 0 Å². The van der Waals surface area contributed by atoms with Crippen LogP contribution in [0.15, 0.2) is 48.5 Å². The lowest BCUT2D eigenvalue weighted by Gasteiger charge is -2.28. The molecule has 2 aliphatic heterocycles. The van der Waals surface area contributed by atoms with Gasteiger partial charge in [0.2, 0.25) is 0 Å². The third-order valence-electron chi connectivity index (χ3n) is 5.63. The first kappa shape index (κ1) is 18.2. The standard InChI is InChI=1S/C22H19ClN2O4/c1-2-28-22(27)17-18(20-14-6-4-3-5-13(14)19(17)29-20)25-21(26)16-10-11-9-12(23)7-8-15(11)24-16/h3-10,17-20,24H,2H2,1H3,(H,25,26)/t17-,18-,19-,20+/m0/s1. The maximum Gasteiger partial charge on any atom is 0.314 e. The molecule has 0 saturated carbocycles. The quantitative estimate of drug-likeness (QED) is 0.639. The number of halogens is 1. The van der Waals surface area contributed by atoms with Crippen molar-refractivity contribution in [3.05, 3.63) is 70.4 Å². The second-order valence-electron chi connectivity index (χ2n) is 7.30. The number of ether oxygens (including phenoxy) is 2. The van der Waals surface area contributed by atoms with E-state index in [1.54, 1.807) is 25.1 Å². The molecule has 7 heteroatoms. The average molecular weight is 411 g/mol. The molecule has 5 rings (SSSR count). The van der Waals surface area contributed by atoms with Crippen molar-refractivity contribution in [1.29, 1.82) is 0 Å². The molecular formula is C22H19ClN2O4. The van der Waals surface area contributed by atoms with Crippen molar-refractivity contribution in [2.75, 3.05) is 6.61 Å². The number of carbonyl (C=O) groups is 2. The van der Waals surface area contributed by atoms with Gasteiger partial charge in [-0.1, -0.05) is 35.9 Å². The van der Waals surface area contributed by atoms with Crippen LogP contribution in [-0.2, 0) is 14.3 Å². The largest absolute Gasteiger partial charge is 0.466 e. The van der Waals surface area contributed by atoms with E-state index in [2.05, 4.69) is 10.3 Å². The molecule has 4 atom stereocenters. The molecule has 2 aromatic carbocycles. The Balaban J connectivity index is 1.46. The molecule has 2 bridgehead atoms. The molecule has 2 aliphatic rings. The number of nitrogens with one attached hydrogen (secondary N) is 2. The van der Waals surface area contributed by atoms with Gasteiger partial charge < -0.3 is 19.8 Å². The Morgan fingerprint density at radius 2 is 1.90 bits per heavy atom. The summed E-state index contributed by atoms with van der Waals surface area (Å²) in [4.78, 5) is 28.8. The second kappa shape index (κ2) is 6.90. The van der Waals surface area contributed by atoms with E-state index in [-0.39, 0.29) is 24.6 Å². The number of hydrogen-bond donors (Lipinski definition) is 2. The molecule has 29 heavy (non-hydrogen) atoms. The van der Waals surface area contributed by atoms with Crippen LogP contribution in [-0.4, -0.2) is 29.5 Å². The highest BCUT2D eigenvalue weighted by Crippen LogP contribution is 2.54. The number of benzene rings is 2. The Morgan fingerprint density at radius 1 is 1.14 bits per heavy atom. The molecule has 1 aromatic heterocycles. The number of aromatic amines is 1. The smallest absolute Gasteiger partial charge is 0.314 e. The summed E-state index contributed by atoms with van der Waals surface area (Å²) in [5, 5.41) is 4.45. The third kappa shape index (κ3) is 2.91. The van der Waals surface area contributed by atoms with Crippen LogP contribution < -0.4 is 5.32 Å². The van der Waals surface area contributed by atoms with Crippen molar-refractivity contribution in [2.45, 2.75) is 25.2 Å². The van der Waals surface area contributed by atoms with Gasteiger partial charge in [-0.05, 0) is 42.3 Å². The first-order valence-corrected chi connectivity index (χ1v) is 9.94. The molecule has 3 aromatic rings. The van der Waals surface area contributed by atoms with Crippen LogP contribution in [0, 0.1) is 5.92 Å². The number of aromatic nitrogens is 1. The Morgan fingerprint density at radius 3 is 2.66 bits per heavy atom. The van der Waals surface area contributed by atoms with Crippen molar-refractivity contribution in [2.24, 2.45) is 5.92 Å². The molecule has 1 saturated heterocycles. The lowest BCUT2D eigenvalue weighted by molar-refractivity contribution is -0.150. The highest BCUT2D eigenvalue weighted by Gasteiger charge is 2.56. The van der Waals surface area contributed by atoms with E-state index in [9.17, 15) is 9.59 Å². The van der Waals surface area contributed by atoms with Crippen molar-refractivity contribution in [3.8, 4) is 0 Å². The zero-order valence-electron chi connectivity index (χ0n) is 15.6. The van der Waals surface area contributed by atoms with Crippen LogP contribution in [0.3, 0.4) is 0 Å². The average Bonchev–Trinajstić information content (AvgIpc) is 3.39. The molecule has 0 aliphatic carbocycles. The summed E-state index contributed by atoms with van der Waals surface area (Å²) in [6.45, 7) is 2.04. The number of H-pyrrole nitrogens is 1. The minimum absolute atomic E-state index is 0.276. The third-order valence-corrected chi connectivity index (χ3v) is 5.86. The number of amides is 1. The van der Waals surface area contributed by atoms with Gasteiger partial charge in [-0.2, -0.15) is 0 Å². The zero-order chi connectivity index (χ0) is 20.1. The van der Waals surface area contributed by atoms with Crippen molar-refractivity contribution >= 4 is 34.4 Å². The number of esters is 1. The fraction of sp³-hybridized carbons (Fsp3) is 0.273. The van der Waals surface area contributed by atoms with Gasteiger partial charge in [-0.3, -0.25) is 9.59 Å².